The Balaban J connectivity index is 1.92. The van der Waals surface area contributed by atoms with E-state index in [0.29, 0.717) is 12.3 Å². The first kappa shape index (κ1) is 11.5. The Hall–Kier alpha value is -1.64. The monoisotopic (exact) mass is 244 g/mol. The molecule has 0 saturated heterocycles. The lowest BCUT2D eigenvalue weighted by Gasteiger charge is -2.22. The molecule has 0 spiro atoms. The van der Waals surface area contributed by atoms with Gasteiger partial charge in [0.2, 0.25) is 0 Å². The normalized spacial score (nSPS) is 18.7. The summed E-state index contributed by atoms with van der Waals surface area (Å²) in [6, 6.07) is 6.95. The van der Waals surface area contributed by atoms with Gasteiger partial charge in [0.1, 0.15) is 11.6 Å². The van der Waals surface area contributed by atoms with Gasteiger partial charge in [-0.05, 0) is 30.4 Å². The number of hydrogen-bond acceptors (Lipinski definition) is 1. The molecule has 94 valence electrons. The number of halogens is 1. The van der Waals surface area contributed by atoms with E-state index in [1.54, 1.807) is 6.07 Å². The Morgan fingerprint density at radius 2 is 2.22 bits per heavy atom. The molecule has 0 aliphatic carbocycles. The first-order valence-electron chi connectivity index (χ1n) is 6.53. The highest BCUT2D eigenvalue weighted by Crippen LogP contribution is 2.28. The van der Waals surface area contributed by atoms with E-state index in [1.165, 1.54) is 24.6 Å². The molecule has 0 amide bonds. The molecule has 3 rings (SSSR count). The fraction of sp³-hybridized carbons (Fsp3) is 0.400. The maximum Gasteiger partial charge on any atom is 0.126 e. The van der Waals surface area contributed by atoms with Crippen LogP contribution in [0.2, 0.25) is 0 Å². The Labute approximate surface area is 106 Å². The number of imidazole rings is 1. The smallest absolute Gasteiger partial charge is 0.126 e. The molecule has 1 atom stereocenters. The zero-order chi connectivity index (χ0) is 12.5. The largest absolute Gasteiger partial charge is 0.332 e. The lowest BCUT2D eigenvalue weighted by atomic mass is 9.98. The highest BCUT2D eigenvalue weighted by Gasteiger charge is 2.20. The number of hydrogen-bond donors (Lipinski definition) is 0. The van der Waals surface area contributed by atoms with Crippen LogP contribution in [0.15, 0.2) is 30.5 Å². The molecule has 2 aromatic rings. The summed E-state index contributed by atoms with van der Waals surface area (Å²) in [4.78, 5) is 4.48. The van der Waals surface area contributed by atoms with E-state index in [9.17, 15) is 4.39 Å². The standard InChI is InChI=1S/C15H17FN2/c1-11-5-4-8-18-14(11)10-17-15(18)9-12-6-2-3-7-13(12)16/h2-3,6-7,10-11H,4-5,8-9H2,1H3. The minimum Gasteiger partial charge on any atom is -0.332 e. The molecule has 0 radical (unpaired) electrons. The van der Waals surface area contributed by atoms with E-state index < -0.39 is 0 Å². The third-order valence-electron chi connectivity index (χ3n) is 3.80. The molecule has 1 aromatic carbocycles. The van der Waals surface area contributed by atoms with Gasteiger partial charge < -0.3 is 4.57 Å². The van der Waals surface area contributed by atoms with E-state index in [1.807, 2.05) is 18.3 Å². The molecular formula is C15H17FN2. The molecule has 0 N–H and O–H groups in total. The molecular weight excluding hydrogens is 227 g/mol. The topological polar surface area (TPSA) is 17.8 Å². The van der Waals surface area contributed by atoms with Crippen molar-refractivity contribution >= 4 is 0 Å². The molecule has 2 nitrogen and oxygen atoms in total. The Kier molecular flexibility index (Phi) is 2.90. The molecule has 0 bridgehead atoms. The van der Waals surface area contributed by atoms with Crippen LogP contribution >= 0.6 is 0 Å². The first-order valence-corrected chi connectivity index (χ1v) is 6.53. The molecule has 18 heavy (non-hydrogen) atoms. The second kappa shape index (κ2) is 4.56. The second-order valence-electron chi connectivity index (χ2n) is 5.06. The lowest BCUT2D eigenvalue weighted by molar-refractivity contribution is 0.464. The van der Waals surface area contributed by atoms with Crippen LogP contribution in [0.1, 0.15) is 42.8 Å². The van der Waals surface area contributed by atoms with Crippen molar-refractivity contribution in [2.45, 2.75) is 38.6 Å². The highest BCUT2D eigenvalue weighted by atomic mass is 19.1. The van der Waals surface area contributed by atoms with E-state index in [2.05, 4.69) is 16.5 Å². The summed E-state index contributed by atoms with van der Waals surface area (Å²) >= 11 is 0. The average Bonchev–Trinajstić information content (AvgIpc) is 2.77. The van der Waals surface area contributed by atoms with Gasteiger partial charge in [0.25, 0.3) is 0 Å². The van der Waals surface area contributed by atoms with Crippen LogP contribution in [0.25, 0.3) is 0 Å². The average molecular weight is 244 g/mol. The minimum atomic E-state index is -0.140. The maximum absolute atomic E-state index is 13.7. The van der Waals surface area contributed by atoms with Crippen LogP contribution in [-0.2, 0) is 13.0 Å². The van der Waals surface area contributed by atoms with E-state index in [0.717, 1.165) is 17.9 Å². The minimum absolute atomic E-state index is 0.140. The predicted molar refractivity (Wildman–Crippen MR) is 69.1 cm³/mol. The quantitative estimate of drug-likeness (QED) is 0.790. The Morgan fingerprint density at radius 3 is 3.06 bits per heavy atom. The van der Waals surface area contributed by atoms with Crippen molar-refractivity contribution in [3.8, 4) is 0 Å². The molecule has 2 heterocycles. The van der Waals surface area contributed by atoms with Crippen LogP contribution in [0.5, 0.6) is 0 Å². The predicted octanol–water partition coefficient (Wildman–Crippen LogP) is 3.51. The van der Waals surface area contributed by atoms with Crippen molar-refractivity contribution < 1.29 is 4.39 Å². The Morgan fingerprint density at radius 1 is 1.39 bits per heavy atom. The number of aromatic nitrogens is 2. The third-order valence-corrected chi connectivity index (χ3v) is 3.80. The molecule has 0 fully saturated rings. The molecule has 0 saturated carbocycles. The SMILES string of the molecule is CC1CCCn2c1cnc2Cc1ccccc1F. The van der Waals surface area contributed by atoms with E-state index in [4.69, 9.17) is 0 Å². The summed E-state index contributed by atoms with van der Waals surface area (Å²) < 4.78 is 15.9. The van der Waals surface area contributed by atoms with Crippen molar-refractivity contribution in [1.29, 1.82) is 0 Å². The fourth-order valence-electron chi connectivity index (χ4n) is 2.74. The van der Waals surface area contributed by atoms with Crippen molar-refractivity contribution in [2.24, 2.45) is 0 Å². The van der Waals surface area contributed by atoms with Gasteiger partial charge in [0.05, 0.1) is 0 Å². The van der Waals surface area contributed by atoms with Gasteiger partial charge in [0.15, 0.2) is 0 Å². The van der Waals surface area contributed by atoms with Crippen LogP contribution in [0.3, 0.4) is 0 Å². The summed E-state index contributed by atoms with van der Waals surface area (Å²) in [7, 11) is 0. The molecule has 1 aliphatic heterocycles. The second-order valence-corrected chi connectivity index (χ2v) is 5.06. The third kappa shape index (κ3) is 1.94. The van der Waals surface area contributed by atoms with Gasteiger partial charge in [-0.3, -0.25) is 0 Å². The van der Waals surface area contributed by atoms with E-state index >= 15 is 0 Å². The zero-order valence-corrected chi connectivity index (χ0v) is 10.6. The summed E-state index contributed by atoms with van der Waals surface area (Å²) in [6.07, 6.45) is 4.96. The van der Waals surface area contributed by atoms with E-state index in [-0.39, 0.29) is 5.82 Å². The summed E-state index contributed by atoms with van der Waals surface area (Å²) in [6.45, 7) is 3.25. The highest BCUT2D eigenvalue weighted by molar-refractivity contribution is 5.23. The fourth-order valence-corrected chi connectivity index (χ4v) is 2.74. The molecule has 3 heteroatoms. The summed E-state index contributed by atoms with van der Waals surface area (Å²) in [5, 5.41) is 0. The van der Waals surface area contributed by atoms with Gasteiger partial charge in [-0.15, -0.1) is 0 Å². The van der Waals surface area contributed by atoms with Gasteiger partial charge in [-0.25, -0.2) is 9.37 Å². The van der Waals surface area contributed by atoms with Gasteiger partial charge in [-0.2, -0.15) is 0 Å². The molecule has 1 unspecified atom stereocenters. The van der Waals surface area contributed by atoms with Crippen molar-refractivity contribution in [3.05, 3.63) is 53.4 Å². The molecule has 1 aliphatic rings. The van der Waals surface area contributed by atoms with Crippen molar-refractivity contribution in [2.75, 3.05) is 0 Å². The Bertz CT molecular complexity index is 559. The van der Waals surface area contributed by atoms with Crippen LogP contribution in [-0.4, -0.2) is 9.55 Å². The number of benzene rings is 1. The maximum atomic E-state index is 13.7. The van der Waals surface area contributed by atoms with Gasteiger partial charge >= 0.3 is 0 Å². The lowest BCUT2D eigenvalue weighted by Crippen LogP contribution is -2.15. The zero-order valence-electron chi connectivity index (χ0n) is 10.6. The number of fused-ring (bicyclic) bond motifs is 1. The van der Waals surface area contributed by atoms with Crippen molar-refractivity contribution in [3.63, 3.8) is 0 Å². The van der Waals surface area contributed by atoms with Crippen LogP contribution in [0, 0.1) is 5.82 Å². The number of rotatable bonds is 2. The van der Waals surface area contributed by atoms with Crippen LogP contribution in [0.4, 0.5) is 4.39 Å². The van der Waals surface area contributed by atoms with Gasteiger partial charge in [-0.1, -0.05) is 25.1 Å². The summed E-state index contributed by atoms with van der Waals surface area (Å²) in [5.41, 5.74) is 2.02. The number of nitrogens with zero attached hydrogens (tertiary/aromatic N) is 2. The summed E-state index contributed by atoms with van der Waals surface area (Å²) in [5.74, 6) is 1.42. The first-order chi connectivity index (χ1) is 8.75. The van der Waals surface area contributed by atoms with Crippen molar-refractivity contribution in [1.82, 2.24) is 9.55 Å². The molecule has 1 aromatic heterocycles. The van der Waals surface area contributed by atoms with Gasteiger partial charge in [0, 0.05) is 24.9 Å². The van der Waals surface area contributed by atoms with Crippen LogP contribution < -0.4 is 0 Å².